The standard InChI is InChI=1S/C10H17N2O15P3.H5O10P3/c1-23-8-7(14)5(25-9(8)12-3-2-6(13)11-10(12)15)4-24-29(19,20)27-30(21,22)26-28(16,17)18;1-11(2,3)9-13(7,8)10-12(4,5)6/h2-3,5,7-9,14H,4H2,1H3,(H,19,20)(H,21,22)(H,11,13,15)(H2,16,17,18);(H,7,8)(H2,1,2,3)(H2,4,5,6)/t5-,7-,8-,9-;/m1./s1. The van der Waals surface area contributed by atoms with E-state index >= 15 is 0 Å². The van der Waals surface area contributed by atoms with E-state index in [2.05, 4.69) is 21.8 Å². The lowest BCUT2D eigenvalue weighted by molar-refractivity contribution is -0.0619. The van der Waals surface area contributed by atoms with Gasteiger partial charge < -0.3 is 58.6 Å². The molecule has 0 aromatic carbocycles. The highest BCUT2D eigenvalue weighted by Gasteiger charge is 2.47. The summed E-state index contributed by atoms with van der Waals surface area (Å²) in [4.78, 5) is 101. The van der Waals surface area contributed by atoms with Gasteiger partial charge in [0, 0.05) is 19.4 Å². The van der Waals surface area contributed by atoms with Crippen molar-refractivity contribution < 1.29 is 108 Å². The van der Waals surface area contributed by atoms with Crippen LogP contribution in [0.1, 0.15) is 6.23 Å². The van der Waals surface area contributed by atoms with E-state index in [0.29, 0.717) is 0 Å². The molecular weight excluding hydrogens is 734 g/mol. The molecular formula is C10H22N2O25P6. The predicted octanol–water partition coefficient (Wildman–Crippen LogP) is -2.54. The number of nitrogens with one attached hydrogen (secondary N) is 1. The lowest BCUT2D eigenvalue weighted by Gasteiger charge is -2.20. The van der Waals surface area contributed by atoms with E-state index in [-0.39, 0.29) is 0 Å². The highest BCUT2D eigenvalue weighted by Crippen LogP contribution is 2.66. The van der Waals surface area contributed by atoms with E-state index in [1.807, 2.05) is 4.98 Å². The lowest BCUT2D eigenvalue weighted by atomic mass is 10.1. The number of phosphoric acid groups is 6. The first-order valence-corrected chi connectivity index (χ1v) is 19.0. The van der Waals surface area contributed by atoms with Crippen molar-refractivity contribution in [3.63, 3.8) is 0 Å². The zero-order valence-corrected chi connectivity index (χ0v) is 25.8. The molecule has 1 aliphatic rings. The minimum atomic E-state index is -5.71. The quantitative estimate of drug-likeness (QED) is 0.0923. The molecule has 1 saturated heterocycles. The molecule has 11 N–H and O–H groups in total. The SMILES string of the molecule is CO[C@@H]1[C@H](O)[C@@H](COP(=O)(O)OP(=O)(O)OP(=O)(O)O)O[C@H]1n1ccc(=O)[nH]c1=O.O=P(O)(O)OP(=O)(O)OP(=O)(O)O. The number of hydrogen-bond acceptors (Lipinski definition) is 16. The molecule has 33 heteroatoms. The second-order valence-electron chi connectivity index (χ2n) is 7.27. The Kier molecular flexibility index (Phi) is 14.0. The number of aliphatic hydroxyl groups excluding tert-OH is 1. The van der Waals surface area contributed by atoms with Crippen LogP contribution < -0.4 is 11.2 Å². The van der Waals surface area contributed by atoms with E-state index in [4.69, 9.17) is 48.6 Å². The van der Waals surface area contributed by atoms with Crippen molar-refractivity contribution in [2.45, 2.75) is 24.5 Å². The Morgan fingerprint density at radius 2 is 1.23 bits per heavy atom. The molecule has 0 amide bonds. The minimum Gasteiger partial charge on any atom is -0.387 e. The van der Waals surface area contributed by atoms with Gasteiger partial charge in [-0.3, -0.25) is 18.9 Å². The molecule has 27 nitrogen and oxygen atoms in total. The van der Waals surface area contributed by atoms with Crippen molar-refractivity contribution in [1.82, 2.24) is 9.55 Å². The molecule has 252 valence electrons. The smallest absolute Gasteiger partial charge is 0.387 e. The molecule has 2 rings (SSSR count). The molecule has 0 saturated carbocycles. The fourth-order valence-electron chi connectivity index (χ4n) is 2.72. The maximum atomic E-state index is 11.9. The van der Waals surface area contributed by atoms with Gasteiger partial charge in [-0.25, -0.2) is 32.2 Å². The Bertz CT molecular complexity index is 1490. The first kappa shape index (κ1) is 40.4. The molecule has 0 aliphatic carbocycles. The average Bonchev–Trinajstić information content (AvgIpc) is 3.01. The molecule has 2 unspecified atom stereocenters. The van der Waals surface area contributed by atoms with Crippen molar-refractivity contribution in [1.29, 1.82) is 0 Å². The van der Waals surface area contributed by atoms with Crippen molar-refractivity contribution in [2.24, 2.45) is 0 Å². The van der Waals surface area contributed by atoms with Gasteiger partial charge in [0.1, 0.15) is 18.3 Å². The summed E-state index contributed by atoms with van der Waals surface area (Å²) < 4.78 is 92.8. The Hall–Kier alpha value is -0.620. The maximum absolute atomic E-state index is 11.9. The molecule has 0 bridgehead atoms. The number of phosphoric ester groups is 1. The van der Waals surface area contributed by atoms with E-state index < -0.39 is 89.3 Å². The number of methoxy groups -OCH3 is 1. The van der Waals surface area contributed by atoms with E-state index in [0.717, 1.165) is 23.9 Å². The Labute approximate surface area is 236 Å². The van der Waals surface area contributed by atoms with Gasteiger partial charge in [0.2, 0.25) is 0 Å². The van der Waals surface area contributed by atoms with Crippen LogP contribution in [0.2, 0.25) is 0 Å². The van der Waals surface area contributed by atoms with Crippen molar-refractivity contribution in [3.8, 4) is 0 Å². The lowest BCUT2D eigenvalue weighted by Crippen LogP contribution is -2.38. The third-order valence-electron chi connectivity index (χ3n) is 3.95. The molecule has 0 radical (unpaired) electrons. The monoisotopic (exact) mass is 756 g/mol. The van der Waals surface area contributed by atoms with Crippen LogP contribution in [0.5, 0.6) is 0 Å². The van der Waals surface area contributed by atoms with E-state index in [1.54, 1.807) is 0 Å². The molecule has 0 spiro atoms. The van der Waals surface area contributed by atoms with Crippen LogP contribution in [0.25, 0.3) is 0 Å². The van der Waals surface area contributed by atoms with Crippen molar-refractivity contribution >= 4 is 46.9 Å². The van der Waals surface area contributed by atoms with Crippen molar-refractivity contribution in [2.75, 3.05) is 13.7 Å². The third-order valence-corrected chi connectivity index (χ3v) is 11.1. The number of hydrogen-bond donors (Lipinski definition) is 11. The van der Waals surface area contributed by atoms with Crippen LogP contribution in [-0.4, -0.2) is 90.7 Å². The number of aromatic amines is 1. The summed E-state index contributed by atoms with van der Waals surface area (Å²) in [5, 5.41) is 10.2. The molecule has 1 aliphatic heterocycles. The summed E-state index contributed by atoms with van der Waals surface area (Å²) in [7, 11) is -31.7. The highest BCUT2D eigenvalue weighted by molar-refractivity contribution is 7.67. The first-order valence-electron chi connectivity index (χ1n) is 9.88. The van der Waals surface area contributed by atoms with E-state index in [9.17, 15) is 47.0 Å². The summed E-state index contributed by atoms with van der Waals surface area (Å²) in [5.41, 5.74) is -1.61. The summed E-state index contributed by atoms with van der Waals surface area (Å²) in [6.07, 6.45) is -4.45. The second-order valence-corrected chi connectivity index (χ2v) is 15.9. The Morgan fingerprint density at radius 1 is 0.791 bits per heavy atom. The topological polar surface area (TPSA) is 424 Å². The molecule has 1 aromatic rings. The van der Waals surface area contributed by atoms with Crippen LogP contribution in [0.3, 0.4) is 0 Å². The summed E-state index contributed by atoms with van der Waals surface area (Å²) in [6.45, 7) is -0.959. The molecule has 6 atom stereocenters. The molecule has 1 fully saturated rings. The number of rotatable bonds is 13. The van der Waals surface area contributed by atoms with Crippen LogP contribution in [0.15, 0.2) is 21.9 Å². The van der Waals surface area contributed by atoms with Crippen molar-refractivity contribution in [3.05, 3.63) is 33.1 Å². The summed E-state index contributed by atoms with van der Waals surface area (Å²) in [5.74, 6) is 0. The predicted molar refractivity (Wildman–Crippen MR) is 128 cm³/mol. The van der Waals surface area contributed by atoms with Crippen LogP contribution in [0.4, 0.5) is 0 Å². The fourth-order valence-corrected chi connectivity index (χ4v) is 8.29. The zero-order chi connectivity index (χ0) is 33.8. The van der Waals surface area contributed by atoms with Gasteiger partial charge in [-0.05, 0) is 0 Å². The van der Waals surface area contributed by atoms with Crippen LogP contribution >= 0.6 is 46.9 Å². The van der Waals surface area contributed by atoms with Gasteiger partial charge in [-0.2, -0.15) is 17.2 Å². The summed E-state index contributed by atoms with van der Waals surface area (Å²) in [6, 6.07) is 0.989. The molecule has 2 heterocycles. The number of H-pyrrole nitrogens is 1. The number of ether oxygens (including phenoxy) is 2. The van der Waals surface area contributed by atoms with Gasteiger partial charge in [0.15, 0.2) is 6.23 Å². The van der Waals surface area contributed by atoms with Crippen LogP contribution in [-0.2, 0) is 58.6 Å². The largest absolute Gasteiger partial charge is 0.490 e. The van der Waals surface area contributed by atoms with Gasteiger partial charge in [-0.15, -0.1) is 0 Å². The average molecular weight is 756 g/mol. The second kappa shape index (κ2) is 14.9. The normalized spacial score (nSPS) is 24.4. The van der Waals surface area contributed by atoms with Crippen LogP contribution in [0, 0.1) is 0 Å². The first-order chi connectivity index (χ1) is 19.1. The van der Waals surface area contributed by atoms with Gasteiger partial charge in [-0.1, -0.05) is 0 Å². The van der Waals surface area contributed by atoms with Gasteiger partial charge in [0.25, 0.3) is 5.56 Å². The highest BCUT2D eigenvalue weighted by atomic mass is 31.3. The van der Waals surface area contributed by atoms with Gasteiger partial charge in [0.05, 0.1) is 6.61 Å². The third kappa shape index (κ3) is 15.5. The van der Waals surface area contributed by atoms with Gasteiger partial charge >= 0.3 is 52.6 Å². The number of aliphatic hydroxyl groups is 1. The number of nitrogens with zero attached hydrogens (tertiary/aromatic N) is 1. The molecule has 1 aromatic heterocycles. The number of aromatic nitrogens is 2. The Morgan fingerprint density at radius 3 is 1.63 bits per heavy atom. The fraction of sp³-hybridized carbons (Fsp3) is 0.600. The Balaban J connectivity index is 0.000000599. The minimum absolute atomic E-state index is 0.701. The maximum Gasteiger partial charge on any atom is 0.490 e. The zero-order valence-electron chi connectivity index (χ0n) is 20.4. The van der Waals surface area contributed by atoms with E-state index in [1.165, 1.54) is 0 Å². The summed E-state index contributed by atoms with van der Waals surface area (Å²) >= 11 is 0. The molecule has 43 heavy (non-hydrogen) atoms.